The van der Waals surface area contributed by atoms with Gasteiger partial charge in [0.15, 0.2) is 0 Å². The molecule has 2 heterocycles. The fraction of sp³-hybridized carbons (Fsp3) is 0.533. The molecule has 1 fully saturated rings. The molecule has 2 N–H and O–H groups in total. The first-order valence-corrected chi connectivity index (χ1v) is 7.36. The van der Waals surface area contributed by atoms with Gasteiger partial charge in [0, 0.05) is 39.0 Å². The number of carbonyl (C=O) groups excluding carboxylic acids is 2. The lowest BCUT2D eigenvalue weighted by Crippen LogP contribution is -2.34. The zero-order chi connectivity index (χ0) is 15.9. The maximum absolute atomic E-state index is 12.1. The van der Waals surface area contributed by atoms with Crippen molar-refractivity contribution in [1.29, 1.82) is 0 Å². The summed E-state index contributed by atoms with van der Waals surface area (Å²) >= 11 is 0. The molecule has 0 aromatic carbocycles. The molecule has 0 spiro atoms. The van der Waals surface area contributed by atoms with E-state index < -0.39 is 0 Å². The average Bonchev–Trinajstić information content (AvgIpc) is 3.03. The molecule has 1 atom stereocenters. The van der Waals surface area contributed by atoms with Gasteiger partial charge in [-0.15, -0.1) is 0 Å². The SMILES string of the molecule is CN(C)C(=O)NCc1cc(C(=O)NCC2CCCO2)ccn1. The number of pyridine rings is 1. The van der Waals surface area contributed by atoms with Gasteiger partial charge in [-0.1, -0.05) is 0 Å². The fourth-order valence-electron chi connectivity index (χ4n) is 2.15. The Balaban J connectivity index is 1.86. The predicted octanol–water partition coefficient (Wildman–Crippen LogP) is 0.762. The van der Waals surface area contributed by atoms with Gasteiger partial charge in [0.25, 0.3) is 5.91 Å². The van der Waals surface area contributed by atoms with Gasteiger partial charge in [-0.05, 0) is 25.0 Å². The molecule has 1 aliphatic rings. The highest BCUT2D eigenvalue weighted by Crippen LogP contribution is 2.11. The van der Waals surface area contributed by atoms with Crippen LogP contribution in [0.2, 0.25) is 0 Å². The minimum Gasteiger partial charge on any atom is -0.376 e. The van der Waals surface area contributed by atoms with Crippen molar-refractivity contribution in [3.05, 3.63) is 29.6 Å². The quantitative estimate of drug-likeness (QED) is 0.841. The summed E-state index contributed by atoms with van der Waals surface area (Å²) in [5, 5.41) is 5.58. The molecule has 1 aromatic heterocycles. The predicted molar refractivity (Wildman–Crippen MR) is 81.5 cm³/mol. The molecule has 3 amide bonds. The first-order chi connectivity index (χ1) is 10.6. The number of hydrogen-bond donors (Lipinski definition) is 2. The van der Waals surface area contributed by atoms with Crippen molar-refractivity contribution in [3.63, 3.8) is 0 Å². The first kappa shape index (κ1) is 16.2. The van der Waals surface area contributed by atoms with Crippen molar-refractivity contribution in [1.82, 2.24) is 20.5 Å². The zero-order valence-corrected chi connectivity index (χ0v) is 13.0. The lowest BCUT2D eigenvalue weighted by Gasteiger charge is -2.12. The maximum atomic E-state index is 12.1. The molecule has 1 aromatic rings. The Morgan fingerprint density at radius 2 is 2.23 bits per heavy atom. The van der Waals surface area contributed by atoms with Crippen molar-refractivity contribution < 1.29 is 14.3 Å². The zero-order valence-electron chi connectivity index (χ0n) is 13.0. The molecule has 7 heteroatoms. The molecule has 0 radical (unpaired) electrons. The molecule has 120 valence electrons. The number of carbonyl (C=O) groups is 2. The van der Waals surface area contributed by atoms with Gasteiger partial charge in [-0.25, -0.2) is 4.79 Å². The first-order valence-electron chi connectivity index (χ1n) is 7.36. The van der Waals surface area contributed by atoms with Crippen LogP contribution in [0.1, 0.15) is 28.9 Å². The topological polar surface area (TPSA) is 83.6 Å². The summed E-state index contributed by atoms with van der Waals surface area (Å²) in [5.41, 5.74) is 1.17. The van der Waals surface area contributed by atoms with Gasteiger partial charge in [-0.3, -0.25) is 9.78 Å². The van der Waals surface area contributed by atoms with Crippen LogP contribution in [-0.4, -0.2) is 55.2 Å². The van der Waals surface area contributed by atoms with Crippen LogP contribution in [0.15, 0.2) is 18.3 Å². The van der Waals surface area contributed by atoms with Crippen LogP contribution >= 0.6 is 0 Å². The largest absolute Gasteiger partial charge is 0.376 e. The Morgan fingerprint density at radius 1 is 1.41 bits per heavy atom. The van der Waals surface area contributed by atoms with Gasteiger partial charge in [0.1, 0.15) is 0 Å². The smallest absolute Gasteiger partial charge is 0.317 e. The highest BCUT2D eigenvalue weighted by atomic mass is 16.5. The number of aromatic nitrogens is 1. The van der Waals surface area contributed by atoms with Crippen molar-refractivity contribution in [2.24, 2.45) is 0 Å². The Kier molecular flexibility index (Phi) is 5.71. The van der Waals surface area contributed by atoms with Gasteiger partial charge in [0.05, 0.1) is 18.3 Å². The highest BCUT2D eigenvalue weighted by molar-refractivity contribution is 5.94. The summed E-state index contributed by atoms with van der Waals surface area (Å²) in [4.78, 5) is 29.2. The maximum Gasteiger partial charge on any atom is 0.317 e. The van der Waals surface area contributed by atoms with Crippen molar-refractivity contribution in [3.8, 4) is 0 Å². The third-order valence-electron chi connectivity index (χ3n) is 3.42. The Labute approximate surface area is 130 Å². The Hall–Kier alpha value is -2.15. The normalized spacial score (nSPS) is 17.1. The van der Waals surface area contributed by atoms with Gasteiger partial charge >= 0.3 is 6.03 Å². The number of rotatable bonds is 5. The molecule has 7 nitrogen and oxygen atoms in total. The summed E-state index contributed by atoms with van der Waals surface area (Å²) in [5.74, 6) is -0.155. The van der Waals surface area contributed by atoms with E-state index in [9.17, 15) is 9.59 Å². The molecule has 0 saturated carbocycles. The van der Waals surface area contributed by atoms with E-state index >= 15 is 0 Å². The van der Waals surface area contributed by atoms with Gasteiger partial charge in [0.2, 0.25) is 0 Å². The Bertz CT molecular complexity index is 527. The summed E-state index contributed by atoms with van der Waals surface area (Å²) in [6.07, 6.45) is 3.71. The molecule has 0 bridgehead atoms. The molecular weight excluding hydrogens is 284 g/mol. The number of nitrogens with one attached hydrogen (secondary N) is 2. The van der Waals surface area contributed by atoms with E-state index in [1.54, 1.807) is 32.4 Å². The van der Waals surface area contributed by atoms with Crippen LogP contribution in [0.3, 0.4) is 0 Å². The second-order valence-electron chi connectivity index (χ2n) is 5.43. The number of amides is 3. The van der Waals surface area contributed by atoms with Crippen LogP contribution < -0.4 is 10.6 Å². The minimum absolute atomic E-state index is 0.115. The van der Waals surface area contributed by atoms with E-state index in [4.69, 9.17) is 4.74 Å². The van der Waals surface area contributed by atoms with Crippen LogP contribution in [0.4, 0.5) is 4.79 Å². The molecule has 2 rings (SSSR count). The third kappa shape index (κ3) is 4.70. The fourth-order valence-corrected chi connectivity index (χ4v) is 2.15. The average molecular weight is 306 g/mol. The monoisotopic (exact) mass is 306 g/mol. The van der Waals surface area contributed by atoms with Gasteiger partial charge in [-0.2, -0.15) is 0 Å². The van der Waals surface area contributed by atoms with Crippen molar-refractivity contribution in [2.75, 3.05) is 27.2 Å². The van der Waals surface area contributed by atoms with Gasteiger partial charge < -0.3 is 20.3 Å². The van der Waals surface area contributed by atoms with E-state index in [1.165, 1.54) is 4.90 Å². The van der Waals surface area contributed by atoms with E-state index in [2.05, 4.69) is 15.6 Å². The summed E-state index contributed by atoms with van der Waals surface area (Å²) in [7, 11) is 3.33. The number of nitrogens with zero attached hydrogens (tertiary/aromatic N) is 2. The van der Waals surface area contributed by atoms with Crippen LogP contribution in [0, 0.1) is 0 Å². The summed E-state index contributed by atoms with van der Waals surface area (Å²) in [6.45, 7) is 1.57. The standard InChI is InChI=1S/C15H22N4O3/c1-19(2)15(21)18-9-12-8-11(5-6-16-12)14(20)17-10-13-4-3-7-22-13/h5-6,8,13H,3-4,7,9-10H2,1-2H3,(H,17,20)(H,18,21). The molecule has 22 heavy (non-hydrogen) atoms. The van der Waals surface area contributed by atoms with E-state index in [-0.39, 0.29) is 24.6 Å². The van der Waals surface area contributed by atoms with E-state index in [0.717, 1.165) is 19.4 Å². The summed E-state index contributed by atoms with van der Waals surface area (Å²) in [6, 6.07) is 3.14. The number of hydrogen-bond acceptors (Lipinski definition) is 4. The highest BCUT2D eigenvalue weighted by Gasteiger charge is 2.16. The molecular formula is C15H22N4O3. The molecule has 0 aliphatic carbocycles. The van der Waals surface area contributed by atoms with E-state index in [1.807, 2.05) is 0 Å². The Morgan fingerprint density at radius 3 is 2.91 bits per heavy atom. The minimum atomic E-state index is -0.199. The third-order valence-corrected chi connectivity index (χ3v) is 3.42. The van der Waals surface area contributed by atoms with Crippen molar-refractivity contribution in [2.45, 2.75) is 25.5 Å². The number of urea groups is 1. The van der Waals surface area contributed by atoms with Crippen LogP contribution in [-0.2, 0) is 11.3 Å². The second-order valence-corrected chi connectivity index (χ2v) is 5.43. The molecule has 1 unspecified atom stereocenters. The van der Waals surface area contributed by atoms with Crippen LogP contribution in [0.5, 0.6) is 0 Å². The van der Waals surface area contributed by atoms with Crippen LogP contribution in [0.25, 0.3) is 0 Å². The van der Waals surface area contributed by atoms with E-state index in [0.29, 0.717) is 17.8 Å². The second kappa shape index (κ2) is 7.74. The summed E-state index contributed by atoms with van der Waals surface area (Å²) < 4.78 is 5.47. The number of ether oxygens (including phenoxy) is 1. The molecule has 1 aliphatic heterocycles. The molecule has 1 saturated heterocycles. The lowest BCUT2D eigenvalue weighted by molar-refractivity contribution is 0.0857. The lowest BCUT2D eigenvalue weighted by atomic mass is 10.2. The van der Waals surface area contributed by atoms with Crippen molar-refractivity contribution >= 4 is 11.9 Å².